The van der Waals surface area contributed by atoms with Crippen LogP contribution in [0, 0.1) is 0 Å². The van der Waals surface area contributed by atoms with Crippen LogP contribution in [0.2, 0.25) is 0 Å². The zero-order valence-electron chi connectivity index (χ0n) is 12.9. The minimum atomic E-state index is -0.205. The van der Waals surface area contributed by atoms with Gasteiger partial charge in [0.2, 0.25) is 0 Å². The highest BCUT2D eigenvalue weighted by Crippen LogP contribution is 2.13. The van der Waals surface area contributed by atoms with Crippen molar-refractivity contribution in [3.8, 4) is 5.75 Å². The molecular formula is C19H16N2O2S. The van der Waals surface area contributed by atoms with E-state index in [1.165, 1.54) is 11.3 Å². The second kappa shape index (κ2) is 8.08. The predicted octanol–water partition coefficient (Wildman–Crippen LogP) is 4.09. The van der Waals surface area contributed by atoms with Gasteiger partial charge in [0.15, 0.2) is 0 Å². The number of carbonyl (C=O) groups is 1. The van der Waals surface area contributed by atoms with Crippen molar-refractivity contribution in [1.82, 2.24) is 5.43 Å². The second-order valence-electron chi connectivity index (χ2n) is 5.02. The van der Waals surface area contributed by atoms with Gasteiger partial charge < -0.3 is 4.74 Å². The zero-order valence-corrected chi connectivity index (χ0v) is 13.7. The van der Waals surface area contributed by atoms with Crippen LogP contribution in [0.1, 0.15) is 20.8 Å². The highest BCUT2D eigenvalue weighted by atomic mass is 32.1. The van der Waals surface area contributed by atoms with Gasteiger partial charge >= 0.3 is 0 Å². The molecule has 1 N–H and O–H groups in total. The lowest BCUT2D eigenvalue weighted by atomic mass is 10.2. The molecule has 24 heavy (non-hydrogen) atoms. The highest BCUT2D eigenvalue weighted by Gasteiger charge is 2.03. The van der Waals surface area contributed by atoms with Crippen LogP contribution in [0.3, 0.4) is 0 Å². The topological polar surface area (TPSA) is 50.7 Å². The van der Waals surface area contributed by atoms with Crippen LogP contribution in [0.25, 0.3) is 0 Å². The molecule has 0 saturated carbocycles. The number of benzene rings is 2. The van der Waals surface area contributed by atoms with Crippen molar-refractivity contribution >= 4 is 23.5 Å². The van der Waals surface area contributed by atoms with Gasteiger partial charge in [0.25, 0.3) is 5.91 Å². The zero-order chi connectivity index (χ0) is 16.6. The summed E-state index contributed by atoms with van der Waals surface area (Å²) in [5, 5.41) is 5.82. The van der Waals surface area contributed by atoms with Crippen LogP contribution < -0.4 is 10.2 Å². The van der Waals surface area contributed by atoms with Crippen molar-refractivity contribution in [2.75, 3.05) is 0 Å². The van der Waals surface area contributed by atoms with Gasteiger partial charge in [-0.05, 0) is 46.8 Å². The smallest absolute Gasteiger partial charge is 0.281 e. The maximum absolute atomic E-state index is 11.7. The molecule has 4 nitrogen and oxygen atoms in total. The number of hydrogen-bond donors (Lipinski definition) is 1. The Hall–Kier alpha value is -2.92. The third-order valence-corrected chi connectivity index (χ3v) is 4.12. The van der Waals surface area contributed by atoms with Gasteiger partial charge in [-0.25, -0.2) is 5.43 Å². The number of nitrogens with one attached hydrogen (secondary N) is 1. The first-order valence-electron chi connectivity index (χ1n) is 7.45. The number of rotatable bonds is 6. The number of amides is 1. The number of thiophene rings is 1. The molecule has 1 amide bonds. The molecular weight excluding hydrogens is 320 g/mol. The molecule has 0 spiro atoms. The molecule has 120 valence electrons. The largest absolute Gasteiger partial charge is 0.489 e. The Morgan fingerprint density at radius 3 is 2.54 bits per heavy atom. The molecule has 1 heterocycles. The maximum Gasteiger partial charge on any atom is 0.281 e. The molecule has 0 fully saturated rings. The molecule has 3 aromatic rings. The normalized spacial score (nSPS) is 10.7. The van der Waals surface area contributed by atoms with E-state index in [4.69, 9.17) is 4.74 Å². The summed E-state index contributed by atoms with van der Waals surface area (Å²) in [4.78, 5) is 12.4. The van der Waals surface area contributed by atoms with Crippen LogP contribution in [0.4, 0.5) is 0 Å². The van der Waals surface area contributed by atoms with E-state index >= 15 is 0 Å². The first kappa shape index (κ1) is 16.0. The van der Waals surface area contributed by atoms with Crippen molar-refractivity contribution in [3.63, 3.8) is 0 Å². The van der Waals surface area contributed by atoms with E-state index in [0.29, 0.717) is 11.5 Å². The molecule has 0 atom stereocenters. The number of ether oxygens (including phenoxy) is 1. The fraction of sp³-hybridized carbons (Fsp3) is 0.0526. The van der Waals surface area contributed by atoms with Crippen molar-refractivity contribution in [3.05, 3.63) is 88.1 Å². The lowest BCUT2D eigenvalue weighted by molar-refractivity contribution is 0.0959. The molecule has 0 aliphatic carbocycles. The monoisotopic (exact) mass is 336 g/mol. The van der Waals surface area contributed by atoms with Gasteiger partial charge in [-0.2, -0.15) is 5.10 Å². The molecule has 1 aromatic heterocycles. The average molecular weight is 336 g/mol. The van der Waals surface area contributed by atoms with E-state index in [-0.39, 0.29) is 5.91 Å². The van der Waals surface area contributed by atoms with Gasteiger partial charge in [0, 0.05) is 0 Å². The minimum Gasteiger partial charge on any atom is -0.489 e. The van der Waals surface area contributed by atoms with Crippen molar-refractivity contribution in [2.45, 2.75) is 6.61 Å². The average Bonchev–Trinajstić information content (AvgIpc) is 3.17. The van der Waals surface area contributed by atoms with Crippen molar-refractivity contribution in [1.29, 1.82) is 0 Å². The highest BCUT2D eigenvalue weighted by molar-refractivity contribution is 7.12. The third kappa shape index (κ3) is 4.54. The Bertz CT molecular complexity index is 797. The SMILES string of the molecule is O=C(N/N=C\c1ccc(OCc2ccccc2)cc1)c1cccs1. The van der Waals surface area contributed by atoms with Crippen LogP contribution >= 0.6 is 11.3 Å². The van der Waals surface area contributed by atoms with Gasteiger partial charge in [-0.15, -0.1) is 11.3 Å². The van der Waals surface area contributed by atoms with E-state index in [1.54, 1.807) is 12.3 Å². The first-order chi connectivity index (χ1) is 11.8. The van der Waals surface area contributed by atoms with Gasteiger partial charge in [-0.1, -0.05) is 36.4 Å². The molecule has 0 aliphatic heterocycles. The summed E-state index contributed by atoms with van der Waals surface area (Å²) < 4.78 is 5.73. The van der Waals surface area contributed by atoms with Crippen LogP contribution in [0.5, 0.6) is 5.75 Å². The maximum atomic E-state index is 11.7. The molecule has 0 bridgehead atoms. The summed E-state index contributed by atoms with van der Waals surface area (Å²) in [6.45, 7) is 0.533. The Balaban J connectivity index is 1.51. The van der Waals surface area contributed by atoms with E-state index < -0.39 is 0 Å². The summed E-state index contributed by atoms with van der Waals surface area (Å²) in [6, 6.07) is 21.1. The summed E-state index contributed by atoms with van der Waals surface area (Å²) in [5.41, 5.74) is 4.51. The Kier molecular flexibility index (Phi) is 5.37. The first-order valence-corrected chi connectivity index (χ1v) is 8.33. The Morgan fingerprint density at radius 1 is 1.04 bits per heavy atom. The molecule has 3 rings (SSSR count). The summed E-state index contributed by atoms with van der Waals surface area (Å²) in [5.74, 6) is 0.586. The quantitative estimate of drug-likeness (QED) is 0.544. The van der Waals surface area contributed by atoms with Crippen LogP contribution in [-0.4, -0.2) is 12.1 Å². The number of hydrazone groups is 1. The van der Waals surface area contributed by atoms with Crippen molar-refractivity contribution < 1.29 is 9.53 Å². The molecule has 0 aliphatic rings. The second-order valence-corrected chi connectivity index (χ2v) is 5.97. The molecule has 0 unspecified atom stereocenters. The Labute approximate surface area is 144 Å². The lowest BCUT2D eigenvalue weighted by Crippen LogP contribution is -2.16. The van der Waals surface area contributed by atoms with E-state index in [2.05, 4.69) is 10.5 Å². The van der Waals surface area contributed by atoms with Gasteiger partial charge in [0.05, 0.1) is 11.1 Å². The standard InChI is InChI=1S/C19H16N2O2S/c22-19(18-7-4-12-24-18)21-20-13-15-8-10-17(11-9-15)23-14-16-5-2-1-3-6-16/h1-13H,14H2,(H,21,22)/b20-13-. The number of carbonyl (C=O) groups excluding carboxylic acids is 1. The Morgan fingerprint density at radius 2 is 1.83 bits per heavy atom. The molecule has 5 heteroatoms. The lowest BCUT2D eigenvalue weighted by Gasteiger charge is -2.06. The predicted molar refractivity (Wildman–Crippen MR) is 96.6 cm³/mol. The van der Waals surface area contributed by atoms with Crippen LogP contribution in [0.15, 0.2) is 77.2 Å². The van der Waals surface area contributed by atoms with Crippen molar-refractivity contribution in [2.24, 2.45) is 5.10 Å². The summed E-state index contributed by atoms with van der Waals surface area (Å²) >= 11 is 1.38. The fourth-order valence-electron chi connectivity index (χ4n) is 2.02. The number of hydrogen-bond acceptors (Lipinski definition) is 4. The number of nitrogens with zero attached hydrogens (tertiary/aromatic N) is 1. The van der Waals surface area contributed by atoms with E-state index in [0.717, 1.165) is 16.9 Å². The molecule has 2 aromatic carbocycles. The summed E-state index contributed by atoms with van der Waals surface area (Å²) in [7, 11) is 0. The minimum absolute atomic E-state index is 0.205. The van der Waals surface area contributed by atoms with Gasteiger partial charge in [-0.3, -0.25) is 4.79 Å². The van der Waals surface area contributed by atoms with E-state index in [9.17, 15) is 4.79 Å². The summed E-state index contributed by atoms with van der Waals surface area (Å²) in [6.07, 6.45) is 1.60. The van der Waals surface area contributed by atoms with E-state index in [1.807, 2.05) is 66.0 Å². The molecule has 0 saturated heterocycles. The third-order valence-electron chi connectivity index (χ3n) is 3.25. The van der Waals surface area contributed by atoms with Crippen LogP contribution in [-0.2, 0) is 6.61 Å². The fourth-order valence-corrected chi connectivity index (χ4v) is 2.63. The van der Waals surface area contributed by atoms with Gasteiger partial charge in [0.1, 0.15) is 12.4 Å². The molecule has 0 radical (unpaired) electrons.